The van der Waals surface area contributed by atoms with E-state index < -0.39 is 0 Å². The van der Waals surface area contributed by atoms with Crippen LogP contribution in [0.5, 0.6) is 0 Å². The molecule has 1 unspecified atom stereocenters. The number of hydrogen-bond donors (Lipinski definition) is 0. The summed E-state index contributed by atoms with van der Waals surface area (Å²) in [5.74, 6) is 0. The van der Waals surface area contributed by atoms with Crippen LogP contribution in [0.4, 0.5) is 0 Å². The maximum absolute atomic E-state index is 5.68. The van der Waals surface area contributed by atoms with E-state index in [4.69, 9.17) is 11.2 Å². The summed E-state index contributed by atoms with van der Waals surface area (Å²) in [5, 5.41) is 0. The van der Waals surface area contributed by atoms with Gasteiger partial charge < -0.3 is 0 Å². The van der Waals surface area contributed by atoms with Gasteiger partial charge in [-0.25, -0.2) is 0 Å². The fraction of sp³-hybridized carbons (Fsp3) is 0. The highest BCUT2D eigenvalue weighted by atomic mass is 127. The van der Waals surface area contributed by atoms with E-state index in [1.54, 1.807) is 0 Å². The highest BCUT2D eigenvalue weighted by Gasteiger charge is 2.05. The minimum Gasteiger partial charge on any atom is -0.0778 e. The summed E-state index contributed by atoms with van der Waals surface area (Å²) in [5.41, 5.74) is 0. The van der Waals surface area contributed by atoms with Gasteiger partial charge in [-0.2, -0.15) is 0 Å². The fourth-order valence-electron chi connectivity index (χ4n) is 0. The lowest BCUT2D eigenvalue weighted by atomic mass is 29.9. The van der Waals surface area contributed by atoms with Crippen LogP contribution in [-0.4, -0.2) is 0 Å². The van der Waals surface area contributed by atoms with Crippen molar-refractivity contribution >= 4 is 84.9 Å². The molecule has 1 atom stereocenters. The molecule has 0 aliphatic carbocycles. The molecular weight excluding hydrogens is 478 g/mol. The van der Waals surface area contributed by atoms with E-state index in [-0.39, 0.29) is 7.50 Å². The molecule has 0 saturated heterocycles. The normalized spacial score (nSPS) is 15.5. The summed E-state index contributed by atoms with van der Waals surface area (Å²) in [6.07, 6.45) is 0. The van der Waals surface area contributed by atoms with Gasteiger partial charge in [-0.15, -0.1) is 0 Å². The van der Waals surface area contributed by atoms with Crippen molar-refractivity contribution in [3.05, 3.63) is 0 Å². The summed E-state index contributed by atoms with van der Waals surface area (Å²) >= 11 is 12.7. The van der Waals surface area contributed by atoms with E-state index >= 15 is 0 Å². The van der Waals surface area contributed by atoms with Crippen LogP contribution < -0.4 is 0 Å². The molecule has 38 valence electrons. The summed E-state index contributed by atoms with van der Waals surface area (Å²) in [4.78, 5) is 0. The van der Waals surface area contributed by atoms with Crippen molar-refractivity contribution in [2.24, 2.45) is 0 Å². The van der Waals surface area contributed by atoms with Gasteiger partial charge in [0.15, 0.2) is 0 Å². The van der Waals surface area contributed by atoms with Gasteiger partial charge in [0.25, 0.3) is 0 Å². The highest BCUT2D eigenvalue weighted by Crippen LogP contribution is 2.86. The molecule has 0 aromatic heterocycles. The molecule has 0 nitrogen and oxygen atoms in total. The predicted molar refractivity (Wildman–Crippen MR) is 61.8 cm³/mol. The molecule has 0 aliphatic rings. The van der Waals surface area contributed by atoms with Crippen LogP contribution in [-0.2, 0) is 0 Å². The lowest BCUT2D eigenvalue weighted by Gasteiger charge is -1.96. The Balaban J connectivity index is 2.99. The Morgan fingerprint density at radius 1 is 1.17 bits per heavy atom. The average Bonchev–Trinajstić information content (AvgIpc) is 1.36. The third-order valence-electron chi connectivity index (χ3n) is 0.114. The molecule has 0 rings (SSSR count). The Bertz CT molecular complexity index is 29.8. The van der Waals surface area contributed by atoms with Crippen LogP contribution in [0.3, 0.4) is 0 Å². The van der Waals surface area contributed by atoms with Crippen molar-refractivity contribution in [2.45, 2.75) is 0 Å². The van der Waals surface area contributed by atoms with Crippen molar-refractivity contribution < 1.29 is 0 Å². The van der Waals surface area contributed by atoms with Crippen molar-refractivity contribution in [1.82, 2.24) is 0 Å². The van der Waals surface area contributed by atoms with Crippen LogP contribution >= 0.6 is 84.9 Å². The first-order valence-electron chi connectivity index (χ1n) is 0.876. The van der Waals surface area contributed by atoms with Gasteiger partial charge in [-0.3, -0.25) is 0 Å². The zero-order valence-corrected chi connectivity index (χ0v) is 11.4. The van der Waals surface area contributed by atoms with Gasteiger partial charge in [0, 0.05) is 0 Å². The molecule has 0 bridgehead atoms. The molecule has 0 heterocycles. The third kappa shape index (κ3) is 5.48. The molecule has 0 fully saturated rings. The second-order valence-corrected chi connectivity index (χ2v) is 28.2. The maximum atomic E-state index is 5.68. The molecule has 6 heteroatoms. The summed E-state index contributed by atoms with van der Waals surface area (Å²) in [6.45, 7) is 0. The quantitative estimate of drug-likeness (QED) is 0.365. The minimum absolute atomic E-state index is 0.0974. The van der Waals surface area contributed by atoms with E-state index in [2.05, 4.69) is 66.1 Å². The third-order valence-corrected chi connectivity index (χ3v) is 33.5. The lowest BCUT2D eigenvalue weighted by Crippen LogP contribution is -1.15. The van der Waals surface area contributed by atoms with Gasteiger partial charge in [-0.05, 0) is 66.1 Å². The Morgan fingerprint density at radius 3 is 1.33 bits per heavy atom. The number of hydrogen-bond acceptors (Lipinski definition) is 0. The number of rotatable bonds is 1. The summed E-state index contributed by atoms with van der Waals surface area (Å²) < 4.78 is -0.0816. The first-order chi connectivity index (χ1) is 2.64. The van der Waals surface area contributed by atoms with E-state index in [1.165, 1.54) is 0 Å². The molecule has 0 aromatic rings. The SMILES string of the molecule is ClP(I)P(I)I. The summed E-state index contributed by atoms with van der Waals surface area (Å²) in [7, 11) is 0. The molecule has 0 N–H and O–H groups in total. The van der Waals surface area contributed by atoms with Gasteiger partial charge in [0.2, 0.25) is 0 Å². The Hall–Kier alpha value is 3.34. The predicted octanol–water partition coefficient (Wildman–Crippen LogP) is 5.07. The van der Waals surface area contributed by atoms with Crippen LogP contribution in [0.1, 0.15) is 0 Å². The van der Waals surface area contributed by atoms with Crippen LogP contribution in [0.25, 0.3) is 0 Å². The van der Waals surface area contributed by atoms with Crippen LogP contribution in [0.15, 0.2) is 0 Å². The standard InChI is InChI=1S/ClI3P2/c1-5(2)6(3)4. The Kier molecular flexibility index (Phi) is 8.02. The zero-order valence-electron chi connectivity index (χ0n) is 2.41. The van der Waals surface area contributed by atoms with Gasteiger partial charge in [0.1, 0.15) is 0 Å². The van der Waals surface area contributed by atoms with Crippen LogP contribution in [0, 0.1) is 0 Å². The highest BCUT2D eigenvalue weighted by molar-refractivity contribution is 14.3. The molecule has 6 heavy (non-hydrogen) atoms. The van der Waals surface area contributed by atoms with Crippen molar-refractivity contribution in [2.75, 3.05) is 0 Å². The van der Waals surface area contributed by atoms with Crippen molar-refractivity contribution in [1.29, 1.82) is 0 Å². The molecule has 0 spiro atoms. The van der Waals surface area contributed by atoms with E-state index in [0.29, 0.717) is 0 Å². The molecular formula is ClI3P2. The molecule has 0 aromatic carbocycles. The maximum Gasteiger partial charge on any atom is 0.0995 e. The minimum atomic E-state index is -0.179. The topological polar surface area (TPSA) is 0 Å². The van der Waals surface area contributed by atoms with Crippen molar-refractivity contribution in [3.8, 4) is 0 Å². The largest absolute Gasteiger partial charge is 0.0995 e. The first-order valence-corrected chi connectivity index (χ1v) is 13.5. The Labute approximate surface area is 83.2 Å². The van der Waals surface area contributed by atoms with Gasteiger partial charge in [0.05, 0.1) is 7.50 Å². The Morgan fingerprint density at radius 2 is 1.33 bits per heavy atom. The average molecular weight is 478 g/mol. The van der Waals surface area contributed by atoms with E-state index in [1.807, 2.05) is 0 Å². The lowest BCUT2D eigenvalue weighted by molar-refractivity contribution is 5.02. The summed E-state index contributed by atoms with van der Waals surface area (Å²) in [6, 6.07) is 0. The zero-order chi connectivity index (χ0) is 5.15. The molecule has 0 saturated carbocycles. The van der Waals surface area contributed by atoms with E-state index in [9.17, 15) is 0 Å². The molecule has 0 amide bonds. The van der Waals surface area contributed by atoms with E-state index in [0.717, 1.165) is 0 Å². The smallest absolute Gasteiger partial charge is 0.0778 e. The van der Waals surface area contributed by atoms with Crippen LogP contribution in [0.2, 0.25) is 0 Å². The monoisotopic (exact) mass is 478 g/mol. The van der Waals surface area contributed by atoms with Crippen molar-refractivity contribution in [3.63, 3.8) is 0 Å². The van der Waals surface area contributed by atoms with Gasteiger partial charge >= 0.3 is 0 Å². The second kappa shape index (κ2) is 5.15. The van der Waals surface area contributed by atoms with Gasteiger partial charge in [-0.1, -0.05) is 11.2 Å². The second-order valence-electron chi connectivity index (χ2n) is 0.430. The fourth-order valence-corrected chi connectivity index (χ4v) is 0. The number of halogens is 4. The molecule has 0 aliphatic heterocycles. The molecule has 0 radical (unpaired) electrons. The first kappa shape index (κ1) is 9.34.